The van der Waals surface area contributed by atoms with Crippen molar-refractivity contribution in [2.24, 2.45) is 5.73 Å². The fourth-order valence-electron chi connectivity index (χ4n) is 2.90. The zero-order valence-corrected chi connectivity index (χ0v) is 16.0. The lowest BCUT2D eigenvalue weighted by atomic mass is 10.1. The van der Waals surface area contributed by atoms with Gasteiger partial charge in [-0.2, -0.15) is 0 Å². The average molecular weight is 391 g/mol. The van der Waals surface area contributed by atoms with E-state index >= 15 is 0 Å². The van der Waals surface area contributed by atoms with Crippen molar-refractivity contribution >= 4 is 34.5 Å². The number of carbonyl (C=O) groups excluding carboxylic acids is 2. The number of fused-ring (bicyclic) bond motifs is 1. The molecular formula is C18H21N3O5S. The van der Waals surface area contributed by atoms with Crippen molar-refractivity contribution in [3.05, 3.63) is 34.1 Å². The number of hydrogen-bond donors (Lipinski definition) is 1. The normalized spacial score (nSPS) is 17.8. The van der Waals surface area contributed by atoms with Gasteiger partial charge in [-0.25, -0.2) is 9.78 Å². The summed E-state index contributed by atoms with van der Waals surface area (Å²) in [5.74, 6) is -1.01. The second-order valence-corrected chi connectivity index (χ2v) is 7.64. The number of aromatic nitrogens is 2. The number of amides is 1. The van der Waals surface area contributed by atoms with Gasteiger partial charge in [0.25, 0.3) is 5.56 Å². The highest BCUT2D eigenvalue weighted by Gasteiger charge is 2.22. The number of nitrogens with two attached hydrogens (primary N) is 1. The molecule has 1 aliphatic heterocycles. The van der Waals surface area contributed by atoms with Gasteiger partial charge < -0.3 is 15.2 Å². The third-order valence-corrected chi connectivity index (χ3v) is 5.54. The Hall–Kier alpha value is -2.39. The number of esters is 1. The van der Waals surface area contributed by atoms with Gasteiger partial charge in [0.15, 0.2) is 5.16 Å². The van der Waals surface area contributed by atoms with Crippen LogP contribution in [0.3, 0.4) is 0 Å². The zero-order chi connectivity index (χ0) is 19.6. The van der Waals surface area contributed by atoms with Gasteiger partial charge in [-0.15, -0.1) is 0 Å². The Morgan fingerprint density at radius 3 is 2.89 bits per heavy atom. The highest BCUT2D eigenvalue weighted by atomic mass is 32.2. The van der Waals surface area contributed by atoms with E-state index in [0.717, 1.165) is 24.6 Å². The summed E-state index contributed by atoms with van der Waals surface area (Å²) >= 11 is 1.12. The van der Waals surface area contributed by atoms with Crippen molar-refractivity contribution in [2.75, 3.05) is 13.7 Å². The molecule has 1 saturated heterocycles. The summed E-state index contributed by atoms with van der Waals surface area (Å²) in [5.41, 5.74) is 5.79. The lowest BCUT2D eigenvalue weighted by Crippen LogP contribution is -2.30. The molecule has 0 aliphatic carbocycles. The van der Waals surface area contributed by atoms with Gasteiger partial charge in [-0.3, -0.25) is 14.2 Å². The van der Waals surface area contributed by atoms with Crippen LogP contribution < -0.4 is 11.3 Å². The molecule has 0 bridgehead atoms. The second-order valence-electron chi connectivity index (χ2n) is 6.33. The van der Waals surface area contributed by atoms with Crippen LogP contribution >= 0.6 is 11.8 Å². The molecule has 2 atom stereocenters. The van der Waals surface area contributed by atoms with E-state index in [1.807, 2.05) is 0 Å². The van der Waals surface area contributed by atoms with Crippen LogP contribution in [0.5, 0.6) is 0 Å². The van der Waals surface area contributed by atoms with Gasteiger partial charge >= 0.3 is 5.97 Å². The maximum atomic E-state index is 13.1. The number of primary amides is 1. The molecule has 1 amide bonds. The SMILES string of the molecule is COC(=O)c1ccc2c(=O)n(C[C@@H]3CCCO3)c(S[C@H](C)C(N)=O)nc2c1. The van der Waals surface area contributed by atoms with Crippen molar-refractivity contribution in [3.8, 4) is 0 Å². The molecule has 1 fully saturated rings. The highest BCUT2D eigenvalue weighted by Crippen LogP contribution is 2.24. The van der Waals surface area contributed by atoms with Crippen LogP contribution in [0.4, 0.5) is 0 Å². The van der Waals surface area contributed by atoms with E-state index in [1.165, 1.54) is 23.8 Å². The predicted octanol–water partition coefficient (Wildman–Crippen LogP) is 1.33. The summed E-state index contributed by atoms with van der Waals surface area (Å²) in [5, 5.41) is 0.196. The number of ether oxygens (including phenoxy) is 2. The van der Waals surface area contributed by atoms with Crippen molar-refractivity contribution in [2.45, 2.75) is 42.8 Å². The van der Waals surface area contributed by atoms with Crippen LogP contribution in [-0.2, 0) is 20.8 Å². The monoisotopic (exact) mass is 391 g/mol. The average Bonchev–Trinajstić information content (AvgIpc) is 3.16. The van der Waals surface area contributed by atoms with E-state index in [-0.39, 0.29) is 11.7 Å². The molecule has 9 heteroatoms. The van der Waals surface area contributed by atoms with Crippen LogP contribution in [0, 0.1) is 0 Å². The molecule has 0 saturated carbocycles. The van der Waals surface area contributed by atoms with E-state index in [9.17, 15) is 14.4 Å². The number of methoxy groups -OCH3 is 1. The fourth-order valence-corrected chi connectivity index (χ4v) is 3.77. The Morgan fingerprint density at radius 1 is 1.48 bits per heavy atom. The second kappa shape index (κ2) is 8.10. The molecule has 1 aliphatic rings. The maximum absolute atomic E-state index is 13.1. The molecule has 1 aromatic carbocycles. The van der Waals surface area contributed by atoms with Gasteiger partial charge in [0.05, 0.1) is 41.5 Å². The Bertz CT molecular complexity index is 936. The lowest BCUT2D eigenvalue weighted by molar-refractivity contribution is -0.117. The zero-order valence-electron chi connectivity index (χ0n) is 15.1. The van der Waals surface area contributed by atoms with Crippen molar-refractivity contribution in [1.29, 1.82) is 0 Å². The molecular weight excluding hydrogens is 370 g/mol. The fraction of sp³-hybridized carbons (Fsp3) is 0.444. The van der Waals surface area contributed by atoms with Crippen molar-refractivity contribution < 1.29 is 19.1 Å². The van der Waals surface area contributed by atoms with Gasteiger partial charge in [-0.05, 0) is 38.0 Å². The maximum Gasteiger partial charge on any atom is 0.337 e. The Kier molecular flexibility index (Phi) is 5.81. The largest absolute Gasteiger partial charge is 0.465 e. The van der Waals surface area contributed by atoms with E-state index in [4.69, 9.17) is 15.2 Å². The summed E-state index contributed by atoms with van der Waals surface area (Å²) < 4.78 is 11.9. The summed E-state index contributed by atoms with van der Waals surface area (Å²) in [7, 11) is 1.29. The van der Waals surface area contributed by atoms with Gasteiger partial charge in [-0.1, -0.05) is 11.8 Å². The van der Waals surface area contributed by atoms with E-state index in [0.29, 0.717) is 34.8 Å². The number of carbonyl (C=O) groups is 2. The summed E-state index contributed by atoms with van der Waals surface area (Å²) in [6.45, 7) is 2.68. The van der Waals surface area contributed by atoms with E-state index in [1.54, 1.807) is 13.0 Å². The minimum absolute atomic E-state index is 0.0699. The third kappa shape index (κ3) is 4.14. The topological polar surface area (TPSA) is 114 Å². The first-order valence-corrected chi connectivity index (χ1v) is 9.49. The number of hydrogen-bond acceptors (Lipinski definition) is 7. The van der Waals surface area contributed by atoms with E-state index < -0.39 is 17.1 Å². The molecule has 0 unspecified atom stereocenters. The van der Waals surface area contributed by atoms with Crippen LogP contribution in [0.15, 0.2) is 28.2 Å². The van der Waals surface area contributed by atoms with Crippen LogP contribution in [-0.4, -0.2) is 46.5 Å². The van der Waals surface area contributed by atoms with Crippen molar-refractivity contribution in [3.63, 3.8) is 0 Å². The molecule has 2 N–H and O–H groups in total. The molecule has 8 nitrogen and oxygen atoms in total. The first-order valence-electron chi connectivity index (χ1n) is 8.61. The molecule has 2 heterocycles. The Morgan fingerprint density at radius 2 is 2.26 bits per heavy atom. The summed E-state index contributed by atoms with van der Waals surface area (Å²) in [4.78, 5) is 40.9. The van der Waals surface area contributed by atoms with Gasteiger partial charge in [0, 0.05) is 6.61 Å². The number of nitrogens with zero attached hydrogens (tertiary/aromatic N) is 2. The standard InChI is InChI=1S/C18H21N3O5S/c1-10(15(19)22)27-18-20-14-8-11(17(24)25-2)5-6-13(14)16(23)21(18)9-12-4-3-7-26-12/h5-6,8,10,12H,3-4,7,9H2,1-2H3,(H2,19,22)/t10-,12+/m1/s1. The number of benzene rings is 1. The van der Waals surface area contributed by atoms with Gasteiger partial charge in [0.2, 0.25) is 5.91 Å². The quantitative estimate of drug-likeness (QED) is 0.449. The molecule has 0 spiro atoms. The number of thioether (sulfide) groups is 1. The third-order valence-electron chi connectivity index (χ3n) is 4.43. The number of rotatable bonds is 6. The summed E-state index contributed by atoms with van der Waals surface area (Å²) in [6.07, 6.45) is 1.74. The van der Waals surface area contributed by atoms with Crippen LogP contribution in [0.1, 0.15) is 30.1 Å². The molecule has 1 aromatic heterocycles. The first kappa shape index (κ1) is 19.4. The highest BCUT2D eigenvalue weighted by molar-refractivity contribution is 8.00. The molecule has 0 radical (unpaired) electrons. The molecule has 144 valence electrons. The molecule has 27 heavy (non-hydrogen) atoms. The van der Waals surface area contributed by atoms with E-state index in [2.05, 4.69) is 4.98 Å². The minimum atomic E-state index is -0.561. The van der Waals surface area contributed by atoms with Crippen LogP contribution in [0.25, 0.3) is 10.9 Å². The minimum Gasteiger partial charge on any atom is -0.465 e. The smallest absolute Gasteiger partial charge is 0.337 e. The first-order chi connectivity index (χ1) is 12.9. The van der Waals surface area contributed by atoms with Crippen molar-refractivity contribution in [1.82, 2.24) is 9.55 Å². The van der Waals surface area contributed by atoms with Gasteiger partial charge in [0.1, 0.15) is 0 Å². The predicted molar refractivity (Wildman–Crippen MR) is 101 cm³/mol. The van der Waals surface area contributed by atoms with Crippen LogP contribution in [0.2, 0.25) is 0 Å². The lowest BCUT2D eigenvalue weighted by Gasteiger charge is -2.18. The Balaban J connectivity index is 2.11. The Labute approximate surface area is 160 Å². The molecule has 2 aromatic rings. The summed E-state index contributed by atoms with van der Waals surface area (Å²) in [6, 6.07) is 4.61. The molecule has 3 rings (SSSR count).